The van der Waals surface area contributed by atoms with Gasteiger partial charge in [0.15, 0.2) is 0 Å². The fourth-order valence-corrected chi connectivity index (χ4v) is 4.45. The molecule has 0 fully saturated rings. The van der Waals surface area contributed by atoms with Crippen LogP contribution in [0, 0.1) is 11.3 Å². The minimum Gasteiger partial charge on any atom is -0.368 e. The molecule has 5 heteroatoms. The molecule has 5 nitrogen and oxygen atoms in total. The Morgan fingerprint density at radius 1 is 0.771 bits per heavy atom. The summed E-state index contributed by atoms with van der Waals surface area (Å²) < 4.78 is 0. The highest BCUT2D eigenvalue weighted by Crippen LogP contribution is 2.39. The molecule has 0 heterocycles. The predicted molar refractivity (Wildman–Crippen MR) is 135 cm³/mol. The van der Waals surface area contributed by atoms with Crippen LogP contribution in [0.5, 0.6) is 0 Å². The molecule has 0 aromatic heterocycles. The number of carbonyl (C=O) groups is 2. The maximum absolute atomic E-state index is 14.3. The SMILES string of the molecule is N#Cc1cccc(C[C@H](NC(=O)C(c2ccccc2)(c2ccccc2)c2ccccc2)C(N)=O)c1. The van der Waals surface area contributed by atoms with Crippen molar-refractivity contribution in [2.75, 3.05) is 0 Å². The number of benzene rings is 4. The van der Waals surface area contributed by atoms with Crippen molar-refractivity contribution in [2.24, 2.45) is 5.73 Å². The Hall–Kier alpha value is -4.69. The van der Waals surface area contributed by atoms with E-state index in [1.807, 2.05) is 97.1 Å². The first kappa shape index (κ1) is 23.5. The Morgan fingerprint density at radius 3 is 1.69 bits per heavy atom. The molecule has 0 aliphatic heterocycles. The molecule has 2 amide bonds. The lowest BCUT2D eigenvalue weighted by molar-refractivity contribution is -0.129. The molecule has 3 N–H and O–H groups in total. The van der Waals surface area contributed by atoms with Crippen molar-refractivity contribution in [3.63, 3.8) is 0 Å². The van der Waals surface area contributed by atoms with E-state index in [4.69, 9.17) is 5.73 Å². The summed E-state index contributed by atoms with van der Waals surface area (Å²) in [6.45, 7) is 0. The average molecular weight is 460 g/mol. The van der Waals surface area contributed by atoms with Crippen LogP contribution >= 0.6 is 0 Å². The van der Waals surface area contributed by atoms with Gasteiger partial charge in [0.25, 0.3) is 0 Å². The highest BCUT2D eigenvalue weighted by molar-refractivity contribution is 5.98. The molecule has 0 aliphatic rings. The standard InChI is InChI=1S/C30H25N3O2/c31-21-23-12-10-11-22(19-23)20-27(28(32)34)33-29(35)30(24-13-4-1-5-14-24,25-15-6-2-7-16-25)26-17-8-3-9-18-26/h1-19,27H,20H2,(H2,32,34)(H,33,35)/t27-/m0/s1. The quantitative estimate of drug-likeness (QED) is 0.388. The van der Waals surface area contributed by atoms with Crippen LogP contribution in [-0.2, 0) is 21.4 Å². The fraction of sp³-hybridized carbons (Fsp3) is 0.100. The van der Waals surface area contributed by atoms with Crippen LogP contribution in [0.3, 0.4) is 0 Å². The second-order valence-corrected chi connectivity index (χ2v) is 8.29. The lowest BCUT2D eigenvalue weighted by atomic mass is 9.68. The van der Waals surface area contributed by atoms with Crippen LogP contribution in [0.1, 0.15) is 27.8 Å². The number of primary amides is 1. The van der Waals surface area contributed by atoms with Gasteiger partial charge in [-0.2, -0.15) is 5.26 Å². The van der Waals surface area contributed by atoms with Gasteiger partial charge in [0.05, 0.1) is 11.6 Å². The second-order valence-electron chi connectivity index (χ2n) is 8.29. The van der Waals surface area contributed by atoms with E-state index in [0.717, 1.165) is 22.3 Å². The van der Waals surface area contributed by atoms with E-state index in [-0.39, 0.29) is 12.3 Å². The van der Waals surface area contributed by atoms with Gasteiger partial charge in [0.2, 0.25) is 11.8 Å². The molecule has 172 valence electrons. The van der Waals surface area contributed by atoms with Crippen LogP contribution in [0.25, 0.3) is 0 Å². The van der Waals surface area contributed by atoms with Crippen molar-refractivity contribution in [3.8, 4) is 6.07 Å². The molecular weight excluding hydrogens is 434 g/mol. The van der Waals surface area contributed by atoms with Crippen LogP contribution in [-0.4, -0.2) is 17.9 Å². The van der Waals surface area contributed by atoms with Crippen molar-refractivity contribution in [3.05, 3.63) is 143 Å². The zero-order chi connectivity index (χ0) is 24.7. The van der Waals surface area contributed by atoms with E-state index in [2.05, 4.69) is 11.4 Å². The van der Waals surface area contributed by atoms with Gasteiger partial charge in [-0.15, -0.1) is 0 Å². The van der Waals surface area contributed by atoms with Gasteiger partial charge in [0.1, 0.15) is 11.5 Å². The first-order chi connectivity index (χ1) is 17.1. The molecule has 0 unspecified atom stereocenters. The van der Waals surface area contributed by atoms with E-state index in [1.54, 1.807) is 18.2 Å². The third-order valence-corrected chi connectivity index (χ3v) is 6.11. The summed E-state index contributed by atoms with van der Waals surface area (Å²) in [7, 11) is 0. The highest BCUT2D eigenvalue weighted by atomic mass is 16.2. The molecule has 35 heavy (non-hydrogen) atoms. The summed E-state index contributed by atoms with van der Waals surface area (Å²) in [6.07, 6.45) is 0.172. The minimum absolute atomic E-state index is 0.172. The van der Waals surface area contributed by atoms with Crippen molar-refractivity contribution >= 4 is 11.8 Å². The second kappa shape index (κ2) is 10.5. The summed E-state index contributed by atoms with van der Waals surface area (Å²) in [5.74, 6) is -1.01. The van der Waals surface area contributed by atoms with Gasteiger partial charge in [0, 0.05) is 6.42 Å². The Kier molecular flexibility index (Phi) is 7.04. The van der Waals surface area contributed by atoms with Crippen LogP contribution in [0.2, 0.25) is 0 Å². The van der Waals surface area contributed by atoms with Gasteiger partial charge in [-0.25, -0.2) is 0 Å². The van der Waals surface area contributed by atoms with Gasteiger partial charge in [-0.3, -0.25) is 9.59 Å². The Balaban J connectivity index is 1.83. The fourth-order valence-electron chi connectivity index (χ4n) is 4.45. The van der Waals surface area contributed by atoms with Gasteiger partial charge in [-0.1, -0.05) is 103 Å². The number of amides is 2. The summed E-state index contributed by atoms with van der Waals surface area (Å²) in [4.78, 5) is 26.8. The molecule has 0 spiro atoms. The Morgan fingerprint density at radius 2 is 1.26 bits per heavy atom. The maximum Gasteiger partial charge on any atom is 0.240 e. The molecule has 4 rings (SSSR count). The molecular formula is C30H25N3O2. The number of hydrogen-bond acceptors (Lipinski definition) is 3. The zero-order valence-electron chi connectivity index (χ0n) is 19.1. The number of rotatable bonds is 8. The number of nitriles is 1. The van der Waals surface area contributed by atoms with Crippen molar-refractivity contribution in [2.45, 2.75) is 17.9 Å². The van der Waals surface area contributed by atoms with Crippen LogP contribution in [0.15, 0.2) is 115 Å². The third-order valence-electron chi connectivity index (χ3n) is 6.11. The van der Waals surface area contributed by atoms with Gasteiger partial charge >= 0.3 is 0 Å². The van der Waals surface area contributed by atoms with Crippen molar-refractivity contribution < 1.29 is 9.59 Å². The largest absolute Gasteiger partial charge is 0.368 e. The number of hydrogen-bond donors (Lipinski definition) is 2. The Labute approximate surface area is 204 Å². The van der Waals surface area contributed by atoms with Gasteiger partial charge < -0.3 is 11.1 Å². The molecule has 0 bridgehead atoms. The lowest BCUT2D eigenvalue weighted by Crippen LogP contribution is -2.54. The monoisotopic (exact) mass is 459 g/mol. The number of carbonyl (C=O) groups excluding carboxylic acids is 2. The molecule has 0 aliphatic carbocycles. The first-order valence-corrected chi connectivity index (χ1v) is 11.3. The van der Waals surface area contributed by atoms with Crippen molar-refractivity contribution in [1.29, 1.82) is 5.26 Å². The number of nitrogens with one attached hydrogen (secondary N) is 1. The van der Waals surface area contributed by atoms with E-state index in [9.17, 15) is 14.9 Å². The smallest absolute Gasteiger partial charge is 0.240 e. The molecule has 4 aromatic rings. The minimum atomic E-state index is -1.22. The summed E-state index contributed by atoms with van der Waals surface area (Å²) >= 11 is 0. The number of nitrogens with two attached hydrogens (primary N) is 1. The van der Waals surface area contributed by atoms with Crippen molar-refractivity contribution in [1.82, 2.24) is 5.32 Å². The predicted octanol–water partition coefficient (Wildman–Crippen LogP) is 4.11. The van der Waals surface area contributed by atoms with E-state index in [0.29, 0.717) is 5.56 Å². The van der Waals surface area contributed by atoms with Crippen LogP contribution in [0.4, 0.5) is 0 Å². The molecule has 0 radical (unpaired) electrons. The average Bonchev–Trinajstić information content (AvgIpc) is 2.91. The topological polar surface area (TPSA) is 96.0 Å². The zero-order valence-corrected chi connectivity index (χ0v) is 19.1. The van der Waals surface area contributed by atoms with E-state index >= 15 is 0 Å². The number of nitrogens with zero attached hydrogens (tertiary/aromatic N) is 1. The normalized spacial score (nSPS) is 11.7. The molecule has 1 atom stereocenters. The molecule has 4 aromatic carbocycles. The van der Waals surface area contributed by atoms with Gasteiger partial charge in [-0.05, 0) is 34.4 Å². The summed E-state index contributed by atoms with van der Waals surface area (Å²) in [6, 6.07) is 36.6. The van der Waals surface area contributed by atoms with E-state index in [1.165, 1.54) is 0 Å². The lowest BCUT2D eigenvalue weighted by Gasteiger charge is -2.35. The van der Waals surface area contributed by atoms with E-state index < -0.39 is 17.4 Å². The first-order valence-electron chi connectivity index (χ1n) is 11.3. The summed E-state index contributed by atoms with van der Waals surface area (Å²) in [5.41, 5.74) is 8.04. The third kappa shape index (κ3) is 4.83. The highest BCUT2D eigenvalue weighted by Gasteiger charge is 2.44. The maximum atomic E-state index is 14.3. The Bertz CT molecular complexity index is 1250. The van der Waals surface area contributed by atoms with Crippen LogP contribution < -0.4 is 11.1 Å². The molecule has 0 saturated carbocycles. The molecule has 0 saturated heterocycles. The summed E-state index contributed by atoms with van der Waals surface area (Å²) in [5, 5.41) is 12.2.